The number of aliphatic imine (C=N–C) groups is 1. The van der Waals surface area contributed by atoms with Crippen LogP contribution in [0.25, 0.3) is 0 Å². The topological polar surface area (TPSA) is 96.6 Å². The second kappa shape index (κ2) is 9.23. The average molecular weight is 432 g/mol. The zero-order valence-electron chi connectivity index (χ0n) is 15.4. The van der Waals surface area contributed by atoms with Gasteiger partial charge in [0, 0.05) is 20.1 Å². The van der Waals surface area contributed by atoms with Crippen molar-refractivity contribution in [1.29, 1.82) is 0 Å². The molecular formula is C18H20F4N4O2S. The Morgan fingerprint density at radius 2 is 1.76 bits per heavy atom. The number of benzene rings is 2. The Bertz CT molecular complexity index is 974. The first-order valence-corrected chi connectivity index (χ1v) is 9.97. The molecule has 0 aromatic heterocycles. The van der Waals surface area contributed by atoms with Crippen LogP contribution < -0.4 is 15.8 Å². The van der Waals surface area contributed by atoms with Crippen LogP contribution in [0.5, 0.6) is 0 Å². The number of halogens is 4. The van der Waals surface area contributed by atoms with Crippen LogP contribution >= 0.6 is 0 Å². The predicted molar refractivity (Wildman–Crippen MR) is 101 cm³/mol. The molecule has 2 rings (SSSR count). The van der Waals surface area contributed by atoms with Gasteiger partial charge in [-0.25, -0.2) is 17.9 Å². The summed E-state index contributed by atoms with van der Waals surface area (Å²) in [5, 5.41) is 10.7. The van der Waals surface area contributed by atoms with Gasteiger partial charge < -0.3 is 10.6 Å². The van der Waals surface area contributed by atoms with E-state index in [1.165, 1.54) is 19.2 Å². The second-order valence-electron chi connectivity index (χ2n) is 6.09. The van der Waals surface area contributed by atoms with Crippen LogP contribution in [0.3, 0.4) is 0 Å². The number of nitrogens with two attached hydrogens (primary N) is 1. The van der Waals surface area contributed by atoms with E-state index in [0.29, 0.717) is 19.0 Å². The highest BCUT2D eigenvalue weighted by Gasteiger charge is 2.33. The molecule has 0 heterocycles. The third-order valence-corrected chi connectivity index (χ3v) is 4.93. The SMILES string of the molecule is CN=C(NCCc1ccc(S(N)(=O)=O)cc1)NCc1ccc(F)cc1C(F)(F)F. The normalized spacial score (nSPS) is 12.7. The van der Waals surface area contributed by atoms with E-state index in [9.17, 15) is 26.0 Å². The molecule has 29 heavy (non-hydrogen) atoms. The fourth-order valence-corrected chi connectivity index (χ4v) is 3.05. The first-order chi connectivity index (χ1) is 13.5. The van der Waals surface area contributed by atoms with Crippen molar-refractivity contribution in [1.82, 2.24) is 10.6 Å². The van der Waals surface area contributed by atoms with Gasteiger partial charge in [0.15, 0.2) is 5.96 Å². The highest BCUT2D eigenvalue weighted by atomic mass is 32.2. The number of hydrogen-bond acceptors (Lipinski definition) is 3. The number of guanidine groups is 1. The lowest BCUT2D eigenvalue weighted by molar-refractivity contribution is -0.138. The molecule has 4 N–H and O–H groups in total. The first-order valence-electron chi connectivity index (χ1n) is 8.42. The zero-order valence-corrected chi connectivity index (χ0v) is 16.2. The van der Waals surface area contributed by atoms with Crippen molar-refractivity contribution in [2.75, 3.05) is 13.6 Å². The van der Waals surface area contributed by atoms with E-state index in [4.69, 9.17) is 5.14 Å². The van der Waals surface area contributed by atoms with Crippen molar-refractivity contribution in [2.24, 2.45) is 10.1 Å². The molecule has 0 spiro atoms. The minimum absolute atomic E-state index is 0.00597. The van der Waals surface area contributed by atoms with Crippen LogP contribution in [-0.4, -0.2) is 28.0 Å². The van der Waals surface area contributed by atoms with Gasteiger partial charge in [0.05, 0.1) is 10.5 Å². The second-order valence-corrected chi connectivity index (χ2v) is 7.65. The third kappa shape index (κ3) is 6.71. The number of nitrogens with zero attached hydrogens (tertiary/aromatic N) is 1. The Hall–Kier alpha value is -2.66. The van der Waals surface area contributed by atoms with E-state index < -0.39 is 27.6 Å². The van der Waals surface area contributed by atoms with Crippen molar-refractivity contribution >= 4 is 16.0 Å². The predicted octanol–water partition coefficient (Wildman–Crippen LogP) is 2.40. The number of rotatable bonds is 6. The van der Waals surface area contributed by atoms with Crippen LogP contribution in [0.15, 0.2) is 52.4 Å². The van der Waals surface area contributed by atoms with Gasteiger partial charge in [0.25, 0.3) is 0 Å². The average Bonchev–Trinajstić information content (AvgIpc) is 2.64. The summed E-state index contributed by atoms with van der Waals surface area (Å²) < 4.78 is 74.7. The molecule has 158 valence electrons. The number of nitrogens with one attached hydrogen (secondary N) is 2. The molecule has 2 aromatic rings. The monoisotopic (exact) mass is 432 g/mol. The van der Waals surface area contributed by atoms with Gasteiger partial charge in [0.1, 0.15) is 5.82 Å². The van der Waals surface area contributed by atoms with E-state index in [1.54, 1.807) is 12.1 Å². The fourth-order valence-electron chi connectivity index (χ4n) is 2.54. The maximum atomic E-state index is 13.2. The van der Waals surface area contributed by atoms with Crippen molar-refractivity contribution < 1.29 is 26.0 Å². The van der Waals surface area contributed by atoms with Gasteiger partial charge >= 0.3 is 6.18 Å². The zero-order chi connectivity index (χ0) is 21.7. The van der Waals surface area contributed by atoms with E-state index in [-0.39, 0.29) is 23.0 Å². The molecule has 0 aliphatic rings. The molecule has 0 unspecified atom stereocenters. The molecule has 6 nitrogen and oxygen atoms in total. The molecule has 0 saturated carbocycles. The maximum Gasteiger partial charge on any atom is 0.416 e. The van der Waals surface area contributed by atoms with Crippen LogP contribution in [0.2, 0.25) is 0 Å². The third-order valence-electron chi connectivity index (χ3n) is 4.01. The molecule has 0 aliphatic carbocycles. The molecule has 0 saturated heterocycles. The van der Waals surface area contributed by atoms with Crippen LogP contribution in [0.1, 0.15) is 16.7 Å². The lowest BCUT2D eigenvalue weighted by Crippen LogP contribution is -2.38. The van der Waals surface area contributed by atoms with Gasteiger partial charge in [-0.3, -0.25) is 4.99 Å². The molecule has 0 fully saturated rings. The maximum absolute atomic E-state index is 13.2. The summed E-state index contributed by atoms with van der Waals surface area (Å²) in [6.45, 7) is 0.196. The van der Waals surface area contributed by atoms with Crippen molar-refractivity contribution in [3.8, 4) is 0 Å². The Balaban J connectivity index is 1.92. The van der Waals surface area contributed by atoms with E-state index in [1.807, 2.05) is 0 Å². The standard InChI is InChI=1S/C18H20F4N4O2S/c1-24-17(25-9-8-12-2-6-15(7-3-12)29(23,27)28)26-11-13-4-5-14(19)10-16(13)18(20,21)22/h2-7,10H,8-9,11H2,1H3,(H2,23,27,28)(H2,24,25,26). The molecule has 0 bridgehead atoms. The summed E-state index contributed by atoms with van der Waals surface area (Å²) in [6.07, 6.45) is -4.16. The van der Waals surface area contributed by atoms with Gasteiger partial charge in [-0.1, -0.05) is 18.2 Å². The van der Waals surface area contributed by atoms with Gasteiger partial charge in [0.2, 0.25) is 10.0 Å². The molecule has 0 atom stereocenters. The molecular weight excluding hydrogens is 412 g/mol. The number of sulfonamides is 1. The Labute approximate surface area is 165 Å². The summed E-state index contributed by atoms with van der Waals surface area (Å²) in [5.74, 6) is -0.694. The lowest BCUT2D eigenvalue weighted by Gasteiger charge is -2.16. The van der Waals surface area contributed by atoms with Gasteiger partial charge in [-0.05, 0) is 41.8 Å². The molecule has 0 radical (unpaired) electrons. The smallest absolute Gasteiger partial charge is 0.356 e. The highest BCUT2D eigenvalue weighted by molar-refractivity contribution is 7.89. The molecule has 11 heteroatoms. The fraction of sp³-hybridized carbons (Fsp3) is 0.278. The number of alkyl halides is 3. The quantitative estimate of drug-likeness (QED) is 0.371. The Morgan fingerprint density at radius 1 is 1.10 bits per heavy atom. The number of hydrogen-bond donors (Lipinski definition) is 3. The first kappa shape index (κ1) is 22.6. The van der Waals surface area contributed by atoms with Crippen molar-refractivity contribution in [3.63, 3.8) is 0 Å². The van der Waals surface area contributed by atoms with Crippen molar-refractivity contribution in [3.05, 3.63) is 65.0 Å². The van der Waals surface area contributed by atoms with Crippen LogP contribution in [0.4, 0.5) is 17.6 Å². The Kier molecular flexibility index (Phi) is 7.20. The largest absolute Gasteiger partial charge is 0.416 e. The summed E-state index contributed by atoms with van der Waals surface area (Å²) in [5.41, 5.74) is -0.325. The van der Waals surface area contributed by atoms with E-state index >= 15 is 0 Å². The summed E-state index contributed by atoms with van der Waals surface area (Å²) in [6, 6.07) is 8.52. The Morgan fingerprint density at radius 3 is 2.31 bits per heavy atom. The minimum Gasteiger partial charge on any atom is -0.356 e. The van der Waals surface area contributed by atoms with Gasteiger partial charge in [-0.15, -0.1) is 0 Å². The van der Waals surface area contributed by atoms with E-state index in [2.05, 4.69) is 15.6 Å². The summed E-state index contributed by atoms with van der Waals surface area (Å²) >= 11 is 0. The molecule has 0 amide bonds. The van der Waals surface area contributed by atoms with Crippen LogP contribution in [0, 0.1) is 5.82 Å². The van der Waals surface area contributed by atoms with Crippen molar-refractivity contribution in [2.45, 2.75) is 24.0 Å². The number of primary sulfonamides is 1. The summed E-state index contributed by atoms with van der Waals surface area (Å²) in [7, 11) is -2.29. The minimum atomic E-state index is -4.67. The molecule has 0 aliphatic heterocycles. The van der Waals surface area contributed by atoms with Gasteiger partial charge in [-0.2, -0.15) is 13.2 Å². The molecule has 2 aromatic carbocycles. The summed E-state index contributed by atoms with van der Waals surface area (Å²) in [4.78, 5) is 3.94. The van der Waals surface area contributed by atoms with Crippen LogP contribution in [-0.2, 0) is 29.2 Å². The lowest BCUT2D eigenvalue weighted by atomic mass is 10.1. The highest BCUT2D eigenvalue weighted by Crippen LogP contribution is 2.32. The van der Waals surface area contributed by atoms with E-state index in [0.717, 1.165) is 17.7 Å².